The third kappa shape index (κ3) is 9.29. The molecule has 2 rings (SSSR count). The van der Waals surface area contributed by atoms with Crippen molar-refractivity contribution in [1.82, 2.24) is 14.7 Å². The van der Waals surface area contributed by atoms with Gasteiger partial charge in [0.05, 0.1) is 0 Å². The topological polar surface area (TPSA) is 23.8 Å². The number of likely N-dealkylation sites (tertiary alicyclic amines) is 1. The maximum absolute atomic E-state index is 4.80. The SMILES string of the molecule is CN1CCCN(CCC2CCCN2C)CC[N-]CC1.[Cl][Mn][Cl]. The van der Waals surface area contributed by atoms with Crippen LogP contribution in [0.4, 0.5) is 0 Å². The van der Waals surface area contributed by atoms with E-state index in [4.69, 9.17) is 20.2 Å². The number of rotatable bonds is 3. The summed E-state index contributed by atoms with van der Waals surface area (Å²) in [6.45, 7) is 9.35. The molecule has 0 aromatic carbocycles. The van der Waals surface area contributed by atoms with E-state index in [1.807, 2.05) is 0 Å². The van der Waals surface area contributed by atoms with Crippen molar-refractivity contribution >= 4 is 20.2 Å². The van der Waals surface area contributed by atoms with Gasteiger partial charge in [0.15, 0.2) is 0 Å². The first kappa shape index (κ1) is 21.0. The Morgan fingerprint density at radius 1 is 1.00 bits per heavy atom. The molecule has 133 valence electrons. The summed E-state index contributed by atoms with van der Waals surface area (Å²) in [5.74, 6) is 0. The molecule has 22 heavy (non-hydrogen) atoms. The molecule has 0 bridgehead atoms. The number of likely N-dealkylation sites (N-methyl/N-ethyl adjacent to an activating group) is 1. The molecule has 2 heterocycles. The molecule has 0 N–H and O–H groups in total. The van der Waals surface area contributed by atoms with Gasteiger partial charge in [0.1, 0.15) is 0 Å². The molecule has 0 spiro atoms. The van der Waals surface area contributed by atoms with E-state index in [0.29, 0.717) is 0 Å². The Morgan fingerprint density at radius 2 is 1.73 bits per heavy atom. The first-order chi connectivity index (χ1) is 10.7. The van der Waals surface area contributed by atoms with Gasteiger partial charge in [-0.05, 0) is 79.0 Å². The fourth-order valence-electron chi connectivity index (χ4n) is 3.25. The summed E-state index contributed by atoms with van der Waals surface area (Å²) in [6, 6.07) is 0.829. The van der Waals surface area contributed by atoms with Gasteiger partial charge in [0, 0.05) is 6.04 Å². The van der Waals surface area contributed by atoms with E-state index in [2.05, 4.69) is 34.1 Å². The van der Waals surface area contributed by atoms with Crippen LogP contribution in [0.3, 0.4) is 0 Å². The average Bonchev–Trinajstić information content (AvgIpc) is 2.90. The Bertz CT molecular complexity index is 274. The van der Waals surface area contributed by atoms with Gasteiger partial charge in [-0.2, -0.15) is 0 Å². The Balaban J connectivity index is 0.000000745. The van der Waals surface area contributed by atoms with Crippen molar-refractivity contribution in [2.75, 3.05) is 66.5 Å². The molecule has 4 nitrogen and oxygen atoms in total. The summed E-state index contributed by atoms with van der Waals surface area (Å²) in [4.78, 5) is 7.59. The van der Waals surface area contributed by atoms with Crippen molar-refractivity contribution in [3.63, 3.8) is 0 Å². The van der Waals surface area contributed by atoms with Crippen molar-refractivity contribution in [1.29, 1.82) is 0 Å². The van der Waals surface area contributed by atoms with Crippen molar-refractivity contribution in [3.8, 4) is 0 Å². The van der Waals surface area contributed by atoms with Crippen LogP contribution in [0, 0.1) is 0 Å². The Kier molecular flexibility index (Phi) is 12.6. The maximum atomic E-state index is 4.80. The van der Waals surface area contributed by atoms with E-state index in [1.54, 1.807) is 0 Å². The molecule has 2 aliphatic heterocycles. The van der Waals surface area contributed by atoms with Crippen molar-refractivity contribution in [2.24, 2.45) is 0 Å². The van der Waals surface area contributed by atoms with Crippen LogP contribution in [0.1, 0.15) is 25.7 Å². The summed E-state index contributed by atoms with van der Waals surface area (Å²) >= 11 is 0.00694. The summed E-state index contributed by atoms with van der Waals surface area (Å²) < 4.78 is 0. The quantitative estimate of drug-likeness (QED) is 0.690. The van der Waals surface area contributed by atoms with Crippen LogP contribution >= 0.6 is 20.2 Å². The first-order valence-electron chi connectivity index (χ1n) is 8.28. The van der Waals surface area contributed by atoms with Crippen molar-refractivity contribution in [3.05, 3.63) is 5.32 Å². The summed E-state index contributed by atoms with van der Waals surface area (Å²) in [6.07, 6.45) is 5.43. The zero-order valence-electron chi connectivity index (χ0n) is 14.0. The number of nitrogens with zero attached hydrogens (tertiary/aromatic N) is 4. The third-order valence-electron chi connectivity index (χ3n) is 4.68. The van der Waals surface area contributed by atoms with E-state index in [1.165, 1.54) is 58.4 Å². The summed E-state index contributed by atoms with van der Waals surface area (Å²) in [7, 11) is 14.1. The van der Waals surface area contributed by atoms with Gasteiger partial charge < -0.3 is 20.0 Å². The Hall–Kier alpha value is 0.939. The van der Waals surface area contributed by atoms with Gasteiger partial charge in [0.25, 0.3) is 0 Å². The molecular weight excluding hydrogens is 362 g/mol. The second-order valence-corrected chi connectivity index (χ2v) is 8.24. The molecule has 2 fully saturated rings. The number of halogens is 2. The first-order valence-corrected chi connectivity index (χ1v) is 11.5. The van der Waals surface area contributed by atoms with E-state index >= 15 is 0 Å². The zero-order chi connectivity index (χ0) is 16.2. The zero-order valence-corrected chi connectivity index (χ0v) is 16.7. The van der Waals surface area contributed by atoms with Gasteiger partial charge >= 0.3 is 33.3 Å². The standard InChI is InChI=1S/C15H31N4.2ClH.Mn/c1-17-9-4-11-19(14-8-16-7-13-17)12-6-15-5-3-10-18(15)2;;;/h15H,3-14H2,1-2H3;2*1H;/q-1;;;+2/p-2. The molecular formula is C15H31Cl2MnN4-. The van der Waals surface area contributed by atoms with Crippen LogP contribution in [0.5, 0.6) is 0 Å². The van der Waals surface area contributed by atoms with Gasteiger partial charge in [-0.1, -0.05) is 0 Å². The number of hydrogen-bond acceptors (Lipinski definition) is 3. The molecule has 2 aliphatic rings. The van der Waals surface area contributed by atoms with Gasteiger partial charge in [-0.3, -0.25) is 0 Å². The van der Waals surface area contributed by atoms with Gasteiger partial charge in [0.2, 0.25) is 0 Å². The third-order valence-corrected chi connectivity index (χ3v) is 4.68. The molecule has 1 atom stereocenters. The second-order valence-electron chi connectivity index (χ2n) is 6.29. The molecule has 1 unspecified atom stereocenters. The van der Waals surface area contributed by atoms with E-state index in [-0.39, 0.29) is 13.1 Å². The van der Waals surface area contributed by atoms with Gasteiger partial charge in [-0.15, -0.1) is 13.1 Å². The summed E-state index contributed by atoms with van der Waals surface area (Å²) in [5, 5.41) is 4.63. The predicted molar refractivity (Wildman–Crippen MR) is 93.6 cm³/mol. The average molecular weight is 393 g/mol. The van der Waals surface area contributed by atoms with Crippen LogP contribution in [0.2, 0.25) is 0 Å². The Labute approximate surface area is 151 Å². The molecule has 0 amide bonds. The Morgan fingerprint density at radius 3 is 2.41 bits per heavy atom. The van der Waals surface area contributed by atoms with E-state index in [9.17, 15) is 0 Å². The number of hydrogen-bond donors (Lipinski definition) is 0. The van der Waals surface area contributed by atoms with Crippen LogP contribution in [-0.4, -0.2) is 87.2 Å². The minimum absolute atomic E-state index is 0.00694. The van der Waals surface area contributed by atoms with Crippen molar-refractivity contribution < 1.29 is 13.1 Å². The van der Waals surface area contributed by atoms with Gasteiger partial charge in [-0.25, -0.2) is 0 Å². The molecule has 0 aliphatic carbocycles. The van der Waals surface area contributed by atoms with Crippen LogP contribution in [0.15, 0.2) is 0 Å². The van der Waals surface area contributed by atoms with Crippen LogP contribution in [0.25, 0.3) is 5.32 Å². The van der Waals surface area contributed by atoms with Crippen LogP contribution in [-0.2, 0) is 13.1 Å². The van der Waals surface area contributed by atoms with E-state index in [0.717, 1.165) is 25.7 Å². The molecule has 0 saturated carbocycles. The molecule has 7 heteroatoms. The fourth-order valence-corrected chi connectivity index (χ4v) is 3.25. The van der Waals surface area contributed by atoms with E-state index < -0.39 is 0 Å². The monoisotopic (exact) mass is 392 g/mol. The molecule has 0 radical (unpaired) electrons. The summed E-state index contributed by atoms with van der Waals surface area (Å²) in [5.41, 5.74) is 0. The molecule has 0 aromatic heterocycles. The normalized spacial score (nSPS) is 26.5. The van der Waals surface area contributed by atoms with Crippen LogP contribution < -0.4 is 0 Å². The fraction of sp³-hybridized carbons (Fsp3) is 1.00. The molecule has 0 aromatic rings. The van der Waals surface area contributed by atoms with Crippen molar-refractivity contribution in [2.45, 2.75) is 31.7 Å². The predicted octanol–water partition coefficient (Wildman–Crippen LogP) is 2.86. The molecule has 2 saturated heterocycles. The second kappa shape index (κ2) is 13.3. The minimum atomic E-state index is 0.00694.